The molecular formula is C16H15BrFNO2. The fraction of sp³-hybridized carbons (Fsp3) is 0.188. The molecule has 3 nitrogen and oxygen atoms in total. The highest BCUT2D eigenvalue weighted by Gasteiger charge is 2.12. The van der Waals surface area contributed by atoms with Crippen LogP contribution in [0.1, 0.15) is 21.5 Å². The monoisotopic (exact) mass is 351 g/mol. The predicted molar refractivity (Wildman–Crippen MR) is 84.5 cm³/mol. The summed E-state index contributed by atoms with van der Waals surface area (Å²) in [5, 5.41) is 2.77. The molecule has 110 valence electrons. The van der Waals surface area contributed by atoms with Crippen molar-refractivity contribution in [3.05, 3.63) is 57.3 Å². The number of amides is 1. The van der Waals surface area contributed by atoms with E-state index in [2.05, 4.69) is 21.2 Å². The molecule has 2 rings (SSSR count). The van der Waals surface area contributed by atoms with Crippen molar-refractivity contribution in [1.82, 2.24) is 0 Å². The molecule has 0 aliphatic rings. The van der Waals surface area contributed by atoms with Crippen molar-refractivity contribution in [3.8, 4) is 5.75 Å². The third-order valence-electron chi connectivity index (χ3n) is 3.19. The molecule has 0 radical (unpaired) electrons. The Morgan fingerprint density at radius 2 is 1.90 bits per heavy atom. The highest BCUT2D eigenvalue weighted by atomic mass is 79.9. The number of carbonyl (C=O) groups excluding carboxylic acids is 1. The van der Waals surface area contributed by atoms with Gasteiger partial charge in [-0.2, -0.15) is 0 Å². The summed E-state index contributed by atoms with van der Waals surface area (Å²) in [5.74, 6) is 0.0251. The summed E-state index contributed by atoms with van der Waals surface area (Å²) in [6.45, 7) is 3.64. The number of aryl methyl sites for hydroxylation is 2. The number of ether oxygens (including phenoxy) is 1. The van der Waals surface area contributed by atoms with Crippen LogP contribution in [0.25, 0.3) is 0 Å². The first-order valence-corrected chi connectivity index (χ1v) is 7.13. The Bertz CT molecular complexity index is 701. The fourth-order valence-electron chi connectivity index (χ4n) is 1.94. The average molecular weight is 352 g/mol. The van der Waals surface area contributed by atoms with Gasteiger partial charge in [0, 0.05) is 11.3 Å². The minimum absolute atomic E-state index is 0.269. The predicted octanol–water partition coefficient (Wildman–Crippen LogP) is 4.47. The minimum atomic E-state index is -0.359. The molecule has 0 saturated heterocycles. The van der Waals surface area contributed by atoms with Crippen molar-refractivity contribution in [2.75, 3.05) is 12.4 Å². The molecule has 0 unspecified atom stereocenters. The molecule has 0 saturated carbocycles. The lowest BCUT2D eigenvalue weighted by Crippen LogP contribution is -2.13. The van der Waals surface area contributed by atoms with Gasteiger partial charge in [-0.3, -0.25) is 4.79 Å². The Labute approximate surface area is 131 Å². The van der Waals surface area contributed by atoms with E-state index in [1.54, 1.807) is 32.2 Å². The molecule has 5 heteroatoms. The lowest BCUT2D eigenvalue weighted by Gasteiger charge is -2.11. The van der Waals surface area contributed by atoms with Crippen LogP contribution >= 0.6 is 15.9 Å². The Morgan fingerprint density at radius 1 is 1.19 bits per heavy atom. The Kier molecular flexibility index (Phi) is 4.63. The maximum atomic E-state index is 13.4. The van der Waals surface area contributed by atoms with Crippen LogP contribution in [-0.4, -0.2) is 13.0 Å². The van der Waals surface area contributed by atoms with Gasteiger partial charge in [0.25, 0.3) is 5.91 Å². The molecule has 0 bridgehead atoms. The van der Waals surface area contributed by atoms with E-state index in [9.17, 15) is 9.18 Å². The lowest BCUT2D eigenvalue weighted by atomic mass is 10.1. The second kappa shape index (κ2) is 6.26. The highest BCUT2D eigenvalue weighted by molar-refractivity contribution is 9.10. The van der Waals surface area contributed by atoms with E-state index in [1.807, 2.05) is 13.0 Å². The first-order valence-electron chi connectivity index (χ1n) is 6.34. The number of nitrogens with one attached hydrogen (secondary N) is 1. The fourth-order valence-corrected chi connectivity index (χ4v) is 2.28. The molecule has 1 amide bonds. The van der Waals surface area contributed by atoms with Crippen LogP contribution in [0.4, 0.5) is 10.1 Å². The largest absolute Gasteiger partial charge is 0.496 e. The number of methoxy groups -OCH3 is 1. The van der Waals surface area contributed by atoms with Crippen LogP contribution in [0.15, 0.2) is 34.8 Å². The number of halogens is 2. The smallest absolute Gasteiger partial charge is 0.255 e. The van der Waals surface area contributed by atoms with E-state index in [-0.39, 0.29) is 11.7 Å². The summed E-state index contributed by atoms with van der Waals surface area (Å²) in [4.78, 5) is 12.3. The number of hydrogen-bond donors (Lipinski definition) is 1. The zero-order valence-electron chi connectivity index (χ0n) is 12.0. The van der Waals surface area contributed by atoms with Crippen molar-refractivity contribution in [1.29, 1.82) is 0 Å². The zero-order chi connectivity index (χ0) is 15.6. The molecule has 2 aromatic rings. The van der Waals surface area contributed by atoms with Gasteiger partial charge in [-0.1, -0.05) is 6.07 Å². The second-order valence-electron chi connectivity index (χ2n) is 4.72. The van der Waals surface area contributed by atoms with Crippen molar-refractivity contribution in [2.45, 2.75) is 13.8 Å². The van der Waals surface area contributed by atoms with Gasteiger partial charge in [0.2, 0.25) is 0 Å². The molecule has 0 fully saturated rings. The molecule has 0 aliphatic carbocycles. The van der Waals surface area contributed by atoms with Crippen molar-refractivity contribution >= 4 is 27.5 Å². The molecule has 0 atom stereocenters. The molecule has 0 spiro atoms. The van der Waals surface area contributed by atoms with Crippen molar-refractivity contribution in [2.24, 2.45) is 0 Å². The quantitative estimate of drug-likeness (QED) is 0.885. The topological polar surface area (TPSA) is 38.3 Å². The Balaban J connectivity index is 2.28. The SMILES string of the molecule is COc1cc(C(=O)Nc2cc(Br)c(F)cc2C)ccc1C. The summed E-state index contributed by atoms with van der Waals surface area (Å²) in [5.41, 5.74) is 2.66. The minimum Gasteiger partial charge on any atom is -0.496 e. The van der Waals surface area contributed by atoms with Gasteiger partial charge in [0.1, 0.15) is 11.6 Å². The zero-order valence-corrected chi connectivity index (χ0v) is 13.5. The number of hydrogen-bond acceptors (Lipinski definition) is 2. The highest BCUT2D eigenvalue weighted by Crippen LogP contribution is 2.25. The average Bonchev–Trinajstić information content (AvgIpc) is 2.45. The normalized spacial score (nSPS) is 10.3. The summed E-state index contributed by atoms with van der Waals surface area (Å²) >= 11 is 3.11. The Hall–Kier alpha value is -1.88. The van der Waals surface area contributed by atoms with Crippen LogP contribution in [0.5, 0.6) is 5.75 Å². The molecular weight excluding hydrogens is 337 g/mol. The van der Waals surface area contributed by atoms with E-state index in [0.29, 0.717) is 27.0 Å². The van der Waals surface area contributed by atoms with Crippen LogP contribution in [0.2, 0.25) is 0 Å². The van der Waals surface area contributed by atoms with Gasteiger partial charge in [-0.05, 0) is 65.2 Å². The molecule has 2 aromatic carbocycles. The third-order valence-corrected chi connectivity index (χ3v) is 3.79. The van der Waals surface area contributed by atoms with E-state index >= 15 is 0 Å². The van der Waals surface area contributed by atoms with Crippen LogP contribution in [-0.2, 0) is 0 Å². The van der Waals surface area contributed by atoms with E-state index in [1.165, 1.54) is 6.07 Å². The molecule has 0 heterocycles. The number of benzene rings is 2. The lowest BCUT2D eigenvalue weighted by molar-refractivity contribution is 0.102. The van der Waals surface area contributed by atoms with Crippen LogP contribution in [0.3, 0.4) is 0 Å². The third kappa shape index (κ3) is 3.42. The molecule has 21 heavy (non-hydrogen) atoms. The van der Waals surface area contributed by atoms with E-state index < -0.39 is 0 Å². The summed E-state index contributed by atoms with van der Waals surface area (Å²) in [7, 11) is 1.56. The van der Waals surface area contributed by atoms with E-state index in [4.69, 9.17) is 4.74 Å². The summed E-state index contributed by atoms with van der Waals surface area (Å²) in [6, 6.07) is 8.14. The van der Waals surface area contributed by atoms with Gasteiger partial charge < -0.3 is 10.1 Å². The second-order valence-corrected chi connectivity index (χ2v) is 5.57. The standard InChI is InChI=1S/C16H15BrFNO2/c1-9-4-5-11(7-15(9)21-3)16(20)19-14-8-12(17)13(18)6-10(14)2/h4-8H,1-3H3,(H,19,20). The maximum absolute atomic E-state index is 13.4. The van der Waals surface area contributed by atoms with Crippen molar-refractivity contribution in [3.63, 3.8) is 0 Å². The van der Waals surface area contributed by atoms with Crippen LogP contribution < -0.4 is 10.1 Å². The first kappa shape index (κ1) is 15.5. The van der Waals surface area contributed by atoms with Gasteiger partial charge >= 0.3 is 0 Å². The number of carbonyl (C=O) groups is 1. The summed E-state index contributed by atoms with van der Waals surface area (Å²) < 4.78 is 18.9. The van der Waals surface area contributed by atoms with Gasteiger partial charge in [-0.15, -0.1) is 0 Å². The van der Waals surface area contributed by atoms with E-state index in [0.717, 1.165) is 5.56 Å². The van der Waals surface area contributed by atoms with Crippen molar-refractivity contribution < 1.29 is 13.9 Å². The molecule has 0 aliphatic heterocycles. The van der Waals surface area contributed by atoms with Gasteiger partial charge in [0.05, 0.1) is 11.6 Å². The first-order chi connectivity index (χ1) is 9.92. The Morgan fingerprint density at radius 3 is 2.57 bits per heavy atom. The van der Waals surface area contributed by atoms with Gasteiger partial charge in [-0.25, -0.2) is 4.39 Å². The molecule has 1 N–H and O–H groups in total. The number of anilines is 1. The van der Waals surface area contributed by atoms with Crippen LogP contribution in [0, 0.1) is 19.7 Å². The summed E-state index contributed by atoms with van der Waals surface area (Å²) in [6.07, 6.45) is 0. The maximum Gasteiger partial charge on any atom is 0.255 e. The molecule has 0 aromatic heterocycles. The number of rotatable bonds is 3. The van der Waals surface area contributed by atoms with Gasteiger partial charge in [0.15, 0.2) is 0 Å².